The SMILES string of the molecule is CCCCCC1CCC(CCc2ccc(OCCCC)cc2F)CC1. The third kappa shape index (κ3) is 7.38. The van der Waals surface area contributed by atoms with Crippen molar-refractivity contribution in [2.24, 2.45) is 11.8 Å². The number of rotatable bonds is 11. The molecule has 0 atom stereocenters. The van der Waals surface area contributed by atoms with Crippen LogP contribution in [0.3, 0.4) is 0 Å². The van der Waals surface area contributed by atoms with Crippen molar-refractivity contribution >= 4 is 0 Å². The Balaban J connectivity index is 1.69. The predicted octanol–water partition coefficient (Wildman–Crippen LogP) is 7.32. The molecule has 1 aliphatic rings. The van der Waals surface area contributed by atoms with Gasteiger partial charge in [-0.3, -0.25) is 0 Å². The van der Waals surface area contributed by atoms with Crippen LogP contribution in [0.15, 0.2) is 18.2 Å². The van der Waals surface area contributed by atoms with Crippen molar-refractivity contribution in [1.82, 2.24) is 0 Å². The number of aryl methyl sites for hydroxylation is 1. The van der Waals surface area contributed by atoms with Gasteiger partial charge in [0, 0.05) is 6.07 Å². The molecule has 0 amide bonds. The van der Waals surface area contributed by atoms with Crippen LogP contribution in [0.2, 0.25) is 0 Å². The summed E-state index contributed by atoms with van der Waals surface area (Å²) in [6.45, 7) is 5.09. The maximum absolute atomic E-state index is 14.3. The standard InChI is InChI=1S/C23H37FO/c1-3-5-7-8-19-9-11-20(12-10-19)13-14-21-15-16-22(18-23(21)24)25-17-6-4-2/h15-16,18-20H,3-14,17H2,1-2H3. The lowest BCUT2D eigenvalue weighted by Gasteiger charge is -2.28. The van der Waals surface area contributed by atoms with E-state index in [0.29, 0.717) is 12.4 Å². The van der Waals surface area contributed by atoms with Crippen LogP contribution in [0, 0.1) is 17.7 Å². The summed E-state index contributed by atoms with van der Waals surface area (Å²) < 4.78 is 19.9. The van der Waals surface area contributed by atoms with Gasteiger partial charge in [0.25, 0.3) is 0 Å². The Morgan fingerprint density at radius 1 is 0.920 bits per heavy atom. The highest BCUT2D eigenvalue weighted by Crippen LogP contribution is 2.34. The van der Waals surface area contributed by atoms with E-state index >= 15 is 0 Å². The van der Waals surface area contributed by atoms with Crippen LogP contribution < -0.4 is 4.74 Å². The average Bonchev–Trinajstić information content (AvgIpc) is 2.62. The van der Waals surface area contributed by atoms with Gasteiger partial charge in [-0.2, -0.15) is 0 Å². The van der Waals surface area contributed by atoms with E-state index < -0.39 is 0 Å². The van der Waals surface area contributed by atoms with E-state index in [-0.39, 0.29) is 5.82 Å². The number of hydrogen-bond acceptors (Lipinski definition) is 1. The second kappa shape index (κ2) is 11.5. The van der Waals surface area contributed by atoms with Crippen molar-refractivity contribution in [2.45, 2.75) is 90.9 Å². The van der Waals surface area contributed by atoms with Crippen LogP contribution in [-0.2, 0) is 6.42 Å². The van der Waals surface area contributed by atoms with E-state index in [1.807, 2.05) is 12.1 Å². The maximum atomic E-state index is 14.3. The van der Waals surface area contributed by atoms with Crippen molar-refractivity contribution in [3.63, 3.8) is 0 Å². The lowest BCUT2D eigenvalue weighted by Crippen LogP contribution is -2.15. The summed E-state index contributed by atoms with van der Waals surface area (Å²) in [4.78, 5) is 0. The topological polar surface area (TPSA) is 9.23 Å². The number of hydrogen-bond donors (Lipinski definition) is 0. The van der Waals surface area contributed by atoms with Gasteiger partial charge in [-0.05, 0) is 42.7 Å². The zero-order chi connectivity index (χ0) is 17.9. The van der Waals surface area contributed by atoms with Gasteiger partial charge < -0.3 is 4.74 Å². The fourth-order valence-electron chi connectivity index (χ4n) is 4.01. The molecule has 0 heterocycles. The molecular weight excluding hydrogens is 311 g/mol. The molecule has 25 heavy (non-hydrogen) atoms. The molecule has 0 saturated heterocycles. The molecule has 1 saturated carbocycles. The molecule has 0 spiro atoms. The molecule has 1 aliphatic carbocycles. The van der Waals surface area contributed by atoms with Crippen molar-refractivity contribution in [2.75, 3.05) is 6.61 Å². The fourth-order valence-corrected chi connectivity index (χ4v) is 4.01. The number of benzene rings is 1. The quantitative estimate of drug-likeness (QED) is 0.380. The average molecular weight is 349 g/mol. The summed E-state index contributed by atoms with van der Waals surface area (Å²) in [5.74, 6) is 2.32. The monoisotopic (exact) mass is 348 g/mol. The van der Waals surface area contributed by atoms with E-state index in [2.05, 4.69) is 13.8 Å². The van der Waals surface area contributed by atoms with Crippen molar-refractivity contribution in [3.05, 3.63) is 29.6 Å². The molecule has 0 N–H and O–H groups in total. The fraction of sp³-hybridized carbons (Fsp3) is 0.739. The summed E-state index contributed by atoms with van der Waals surface area (Å²) in [6.07, 6.45) is 15.1. The largest absolute Gasteiger partial charge is 0.493 e. The predicted molar refractivity (Wildman–Crippen MR) is 105 cm³/mol. The molecular formula is C23H37FO. The highest BCUT2D eigenvalue weighted by molar-refractivity contribution is 5.29. The minimum atomic E-state index is -0.0951. The molecule has 1 aromatic rings. The van der Waals surface area contributed by atoms with Crippen LogP contribution in [0.5, 0.6) is 5.75 Å². The first-order valence-electron chi connectivity index (χ1n) is 10.6. The van der Waals surface area contributed by atoms with E-state index in [0.717, 1.165) is 43.1 Å². The third-order valence-electron chi connectivity index (χ3n) is 5.80. The van der Waals surface area contributed by atoms with E-state index in [9.17, 15) is 4.39 Å². The van der Waals surface area contributed by atoms with Gasteiger partial charge in [-0.1, -0.05) is 77.7 Å². The second-order valence-electron chi connectivity index (χ2n) is 7.88. The Morgan fingerprint density at radius 2 is 1.60 bits per heavy atom. The van der Waals surface area contributed by atoms with Crippen molar-refractivity contribution in [3.8, 4) is 5.75 Å². The van der Waals surface area contributed by atoms with Crippen molar-refractivity contribution in [1.29, 1.82) is 0 Å². The molecule has 1 nitrogen and oxygen atoms in total. The Hall–Kier alpha value is -1.05. The molecule has 1 fully saturated rings. The highest BCUT2D eigenvalue weighted by Gasteiger charge is 2.21. The lowest BCUT2D eigenvalue weighted by molar-refractivity contribution is 0.248. The molecule has 142 valence electrons. The lowest BCUT2D eigenvalue weighted by atomic mass is 9.78. The first-order chi connectivity index (χ1) is 12.2. The van der Waals surface area contributed by atoms with E-state index in [4.69, 9.17) is 4.74 Å². The Kier molecular flexibility index (Phi) is 9.36. The van der Waals surface area contributed by atoms with Crippen LogP contribution in [0.4, 0.5) is 4.39 Å². The number of ether oxygens (including phenoxy) is 1. The van der Waals surface area contributed by atoms with Crippen LogP contribution in [0.25, 0.3) is 0 Å². The van der Waals surface area contributed by atoms with Gasteiger partial charge in [-0.25, -0.2) is 4.39 Å². The van der Waals surface area contributed by atoms with Crippen molar-refractivity contribution < 1.29 is 9.13 Å². The minimum absolute atomic E-state index is 0.0951. The highest BCUT2D eigenvalue weighted by atomic mass is 19.1. The Labute approximate surface area is 154 Å². The molecule has 0 bridgehead atoms. The Morgan fingerprint density at radius 3 is 2.24 bits per heavy atom. The molecule has 0 radical (unpaired) electrons. The first-order valence-corrected chi connectivity index (χ1v) is 10.6. The number of halogens is 1. The van der Waals surface area contributed by atoms with Gasteiger partial charge in [0.2, 0.25) is 0 Å². The zero-order valence-electron chi connectivity index (χ0n) is 16.4. The van der Waals surface area contributed by atoms with E-state index in [1.54, 1.807) is 6.07 Å². The minimum Gasteiger partial charge on any atom is -0.493 e. The smallest absolute Gasteiger partial charge is 0.130 e. The van der Waals surface area contributed by atoms with Gasteiger partial charge in [0.15, 0.2) is 0 Å². The number of unbranched alkanes of at least 4 members (excludes halogenated alkanes) is 3. The first kappa shape index (κ1) is 20.3. The molecule has 0 unspecified atom stereocenters. The normalized spacial score (nSPS) is 20.6. The van der Waals surface area contributed by atoms with Crippen LogP contribution in [0.1, 0.15) is 90.0 Å². The maximum Gasteiger partial charge on any atom is 0.130 e. The molecule has 0 aromatic heterocycles. The summed E-state index contributed by atoms with van der Waals surface area (Å²) in [5, 5.41) is 0. The molecule has 0 aliphatic heterocycles. The molecule has 2 heteroatoms. The molecule has 1 aromatic carbocycles. The molecule has 2 rings (SSSR count). The third-order valence-corrected chi connectivity index (χ3v) is 5.80. The Bertz CT molecular complexity index is 477. The summed E-state index contributed by atoms with van der Waals surface area (Å²) >= 11 is 0. The van der Waals surface area contributed by atoms with Gasteiger partial charge in [0.1, 0.15) is 11.6 Å². The van der Waals surface area contributed by atoms with Gasteiger partial charge >= 0.3 is 0 Å². The van der Waals surface area contributed by atoms with Crippen LogP contribution in [-0.4, -0.2) is 6.61 Å². The second-order valence-corrected chi connectivity index (χ2v) is 7.88. The van der Waals surface area contributed by atoms with E-state index in [1.165, 1.54) is 51.4 Å². The zero-order valence-corrected chi connectivity index (χ0v) is 16.4. The summed E-state index contributed by atoms with van der Waals surface area (Å²) in [5.41, 5.74) is 0.855. The summed E-state index contributed by atoms with van der Waals surface area (Å²) in [7, 11) is 0. The van der Waals surface area contributed by atoms with Gasteiger partial charge in [-0.15, -0.1) is 0 Å². The summed E-state index contributed by atoms with van der Waals surface area (Å²) in [6, 6.07) is 5.42. The van der Waals surface area contributed by atoms with Gasteiger partial charge in [0.05, 0.1) is 6.61 Å². The van der Waals surface area contributed by atoms with Crippen LogP contribution >= 0.6 is 0 Å².